The maximum atomic E-state index is 5.84. The molecule has 3 aliphatic carbocycles. The molecule has 104 heavy (non-hydrogen) atoms. The van der Waals surface area contributed by atoms with Crippen molar-refractivity contribution in [2.45, 2.75) is 57.8 Å². The number of nitrogens with zero attached hydrogens (tertiary/aromatic N) is 5. The van der Waals surface area contributed by atoms with Gasteiger partial charge in [0.15, 0.2) is 0 Å². The van der Waals surface area contributed by atoms with Crippen LogP contribution in [-0.4, -0.2) is 23.7 Å². The van der Waals surface area contributed by atoms with Gasteiger partial charge in [-0.2, -0.15) is 0 Å². The van der Waals surface area contributed by atoms with Crippen LogP contribution in [0.1, 0.15) is 74.9 Å². The normalized spacial score (nSPS) is 14.3. The van der Waals surface area contributed by atoms with E-state index in [1.807, 2.05) is 0 Å². The van der Waals surface area contributed by atoms with Gasteiger partial charge in [0, 0.05) is 70.9 Å². The molecule has 4 aromatic heterocycles. The van der Waals surface area contributed by atoms with Crippen LogP contribution in [0.4, 0.5) is 0 Å². The second-order valence-corrected chi connectivity index (χ2v) is 30.9. The maximum absolute atomic E-state index is 5.84. The summed E-state index contributed by atoms with van der Waals surface area (Å²) in [6, 6.07) is 116. The van der Waals surface area contributed by atoms with Gasteiger partial charge in [-0.15, -0.1) is 0 Å². The van der Waals surface area contributed by atoms with Gasteiger partial charge in [-0.05, 0) is 220 Å². The van der Waals surface area contributed by atoms with Gasteiger partial charge >= 0.3 is 0 Å². The number of aromatic nitrogens is 5. The molecule has 0 amide bonds. The predicted molar refractivity (Wildman–Crippen MR) is 434 cm³/mol. The van der Waals surface area contributed by atoms with Crippen LogP contribution in [0.3, 0.4) is 0 Å². The highest BCUT2D eigenvalue weighted by Crippen LogP contribution is 2.54. The Labute approximate surface area is 602 Å². The zero-order valence-electron chi connectivity index (χ0n) is 58.7. The minimum absolute atomic E-state index is 0.0433. The molecule has 0 fully saturated rings. The first kappa shape index (κ1) is 59.0. The molecule has 0 unspecified atom stereocenters. The quantitative estimate of drug-likeness (QED) is 0.160. The lowest BCUT2D eigenvalue weighted by Crippen LogP contribution is -2.14. The third kappa shape index (κ3) is 8.26. The molecule has 5 nitrogen and oxygen atoms in total. The molecule has 3 aliphatic rings. The van der Waals surface area contributed by atoms with Crippen molar-refractivity contribution in [1.29, 1.82) is 0 Å². The number of benzene rings is 15. The largest absolute Gasteiger partial charge is 0.309 e. The Balaban J connectivity index is 0.692. The van der Waals surface area contributed by atoms with Crippen LogP contribution < -0.4 is 0 Å². The SMILES string of the molecule is CC1(C)c2ccccc2-c2cc(-c3ccc4c(c3)c3ccccc3n4-c3ccc4cc(-c5nc(-n6c7ccccc7c7cc(-c8ccc9c(c8)-c8ccccc8C9(C)C)ccc76)nc6ccc(-n7c8ccccc8c8cc(-c9ccc%10c(c9)-c9ccccc9C%10(C)C)ccc87)cc56)ccc4c3)ccc21. The van der Waals surface area contributed by atoms with Crippen LogP contribution in [0, 0.1) is 0 Å². The first-order valence-corrected chi connectivity index (χ1v) is 36.5. The molecule has 0 saturated heterocycles. The molecule has 15 aromatic carbocycles. The van der Waals surface area contributed by atoms with Gasteiger partial charge in [0.2, 0.25) is 5.95 Å². The van der Waals surface area contributed by atoms with Crippen LogP contribution in [0.2, 0.25) is 0 Å². The Morgan fingerprint density at radius 2 is 0.558 bits per heavy atom. The molecule has 0 aliphatic heterocycles. The fourth-order valence-electron chi connectivity index (χ4n) is 19.0. The Bertz CT molecular complexity index is 7020. The first-order chi connectivity index (χ1) is 50.8. The molecule has 490 valence electrons. The zero-order chi connectivity index (χ0) is 69.2. The second kappa shape index (κ2) is 21.2. The summed E-state index contributed by atoms with van der Waals surface area (Å²) >= 11 is 0. The van der Waals surface area contributed by atoms with Crippen molar-refractivity contribution in [3.05, 3.63) is 343 Å². The number of hydrogen-bond acceptors (Lipinski definition) is 2. The smallest absolute Gasteiger partial charge is 0.235 e. The summed E-state index contributed by atoms with van der Waals surface area (Å²) in [7, 11) is 0. The number of hydrogen-bond donors (Lipinski definition) is 0. The third-order valence-corrected chi connectivity index (χ3v) is 24.2. The standard InChI is InChI=1S/C99H69N5/c1-97(2)82-25-13-7-19-69(82)75-51-60(34-42-85(75)97)63-37-46-92-78(54-63)72-22-10-16-28-89(72)102(92)67-40-33-58-49-66(32-31-59(58)50-67)95-81-57-68(103-90-29-17-11-23-73(90)79-55-64(38-47-93(79)103)61-35-43-86-76(52-61)70-20-8-14-26-83(70)98(86,3)4)41-45-88(81)100-96(101-95)104-91-30-18-12-24-74(91)80-56-65(39-48-94(80)104)62-36-44-87-77(53-62)71-21-9-15-27-84(71)99(87,5)6/h7-57H,1-6H3. The van der Waals surface area contributed by atoms with Gasteiger partial charge in [-0.3, -0.25) is 4.57 Å². The van der Waals surface area contributed by atoms with Crippen molar-refractivity contribution in [3.63, 3.8) is 0 Å². The van der Waals surface area contributed by atoms with Crippen LogP contribution in [-0.2, 0) is 16.2 Å². The molecule has 0 radical (unpaired) electrons. The van der Waals surface area contributed by atoms with Gasteiger partial charge in [-0.1, -0.05) is 242 Å². The molecule has 22 rings (SSSR count). The summed E-state index contributed by atoms with van der Waals surface area (Å²) in [4.78, 5) is 11.5. The maximum Gasteiger partial charge on any atom is 0.235 e. The molecule has 4 heterocycles. The Morgan fingerprint density at radius 1 is 0.221 bits per heavy atom. The van der Waals surface area contributed by atoms with Crippen molar-refractivity contribution < 1.29 is 0 Å². The lowest BCUT2D eigenvalue weighted by atomic mass is 9.82. The molecule has 5 heteroatoms. The van der Waals surface area contributed by atoms with Crippen molar-refractivity contribution in [1.82, 2.24) is 23.7 Å². The highest BCUT2D eigenvalue weighted by atomic mass is 15.2. The van der Waals surface area contributed by atoms with Crippen molar-refractivity contribution in [2.24, 2.45) is 0 Å². The van der Waals surface area contributed by atoms with E-state index >= 15 is 0 Å². The Morgan fingerprint density at radius 3 is 1.03 bits per heavy atom. The summed E-state index contributed by atoms with van der Waals surface area (Å²) in [6.07, 6.45) is 0. The highest BCUT2D eigenvalue weighted by Gasteiger charge is 2.38. The van der Waals surface area contributed by atoms with Gasteiger partial charge in [0.1, 0.15) is 0 Å². The third-order valence-electron chi connectivity index (χ3n) is 24.2. The van der Waals surface area contributed by atoms with Crippen molar-refractivity contribution in [3.8, 4) is 95.3 Å². The van der Waals surface area contributed by atoms with Crippen LogP contribution in [0.5, 0.6) is 0 Å². The fraction of sp³-hybridized carbons (Fsp3) is 0.0909. The molecule has 19 aromatic rings. The van der Waals surface area contributed by atoms with Gasteiger partial charge < -0.3 is 9.13 Å². The average Bonchev–Trinajstić information content (AvgIpc) is 1.22. The molecule has 0 atom stereocenters. The van der Waals surface area contributed by atoms with Crippen molar-refractivity contribution >= 4 is 87.1 Å². The van der Waals surface area contributed by atoms with E-state index in [-0.39, 0.29) is 16.2 Å². The second-order valence-electron chi connectivity index (χ2n) is 30.9. The van der Waals surface area contributed by atoms with Crippen LogP contribution in [0.15, 0.2) is 309 Å². The topological polar surface area (TPSA) is 40.6 Å². The average molecular weight is 1330 g/mol. The Kier molecular flexibility index (Phi) is 12.0. The molecule has 0 spiro atoms. The monoisotopic (exact) mass is 1330 g/mol. The summed E-state index contributed by atoms with van der Waals surface area (Å²) in [5.41, 5.74) is 34.9. The van der Waals surface area contributed by atoms with E-state index in [0.29, 0.717) is 5.95 Å². The Hall–Kier alpha value is -12.7. The molecule has 0 N–H and O–H groups in total. The molecule has 0 saturated carbocycles. The van der Waals surface area contributed by atoms with Crippen LogP contribution in [0.25, 0.3) is 182 Å². The van der Waals surface area contributed by atoms with E-state index in [1.54, 1.807) is 0 Å². The van der Waals surface area contributed by atoms with E-state index in [9.17, 15) is 0 Å². The van der Waals surface area contributed by atoms with Crippen molar-refractivity contribution in [2.75, 3.05) is 0 Å². The van der Waals surface area contributed by atoms with E-state index in [4.69, 9.17) is 9.97 Å². The highest BCUT2D eigenvalue weighted by molar-refractivity contribution is 6.14. The number of para-hydroxylation sites is 3. The number of rotatable bonds is 7. The number of fused-ring (bicyclic) bond motifs is 20. The van der Waals surface area contributed by atoms with Crippen LogP contribution >= 0.6 is 0 Å². The van der Waals surface area contributed by atoms with E-state index in [2.05, 4.69) is 365 Å². The van der Waals surface area contributed by atoms with Gasteiger partial charge in [-0.25, -0.2) is 9.97 Å². The fourth-order valence-corrected chi connectivity index (χ4v) is 19.0. The predicted octanol–water partition coefficient (Wildman–Crippen LogP) is 25.7. The summed E-state index contributed by atoms with van der Waals surface area (Å²) < 4.78 is 7.16. The van der Waals surface area contributed by atoms with Gasteiger partial charge in [0.25, 0.3) is 0 Å². The van der Waals surface area contributed by atoms with Gasteiger partial charge in [0.05, 0.1) is 44.3 Å². The lowest BCUT2D eigenvalue weighted by molar-refractivity contribution is 0.660. The summed E-state index contributed by atoms with van der Waals surface area (Å²) in [6.45, 7) is 14.1. The molecular weight excluding hydrogens is 1260 g/mol. The van der Waals surface area contributed by atoms with E-state index in [0.717, 1.165) is 77.1 Å². The summed E-state index contributed by atoms with van der Waals surface area (Å²) in [5.74, 6) is 0.619. The zero-order valence-corrected chi connectivity index (χ0v) is 58.7. The molecular formula is C99H69N5. The first-order valence-electron chi connectivity index (χ1n) is 36.5. The minimum Gasteiger partial charge on any atom is -0.309 e. The summed E-state index contributed by atoms with van der Waals surface area (Å²) in [5, 5.41) is 10.4. The lowest BCUT2D eigenvalue weighted by Gasteiger charge is -2.21. The van der Waals surface area contributed by atoms with E-state index < -0.39 is 0 Å². The van der Waals surface area contributed by atoms with E-state index in [1.165, 1.54) is 133 Å². The molecule has 0 bridgehead atoms. The minimum atomic E-state index is -0.0673.